The molecule has 0 heterocycles. The van der Waals surface area contributed by atoms with Gasteiger partial charge in [0.1, 0.15) is 5.75 Å². The first-order chi connectivity index (χ1) is 12.0. The Kier molecular flexibility index (Phi) is 6.05. The maximum Gasteiger partial charge on any atom is 0.311 e. The van der Waals surface area contributed by atoms with Gasteiger partial charge in [0.15, 0.2) is 12.4 Å². The van der Waals surface area contributed by atoms with Crippen molar-refractivity contribution in [2.24, 2.45) is 5.10 Å². The molecule has 0 aliphatic carbocycles. The van der Waals surface area contributed by atoms with Gasteiger partial charge in [-0.25, -0.2) is 5.43 Å². The van der Waals surface area contributed by atoms with E-state index in [1.165, 1.54) is 25.5 Å². The molecule has 2 aromatic carbocycles. The number of methoxy groups -OCH3 is 1. The Balaban J connectivity index is 1.92. The zero-order chi connectivity index (χ0) is 18.2. The maximum atomic E-state index is 11.7. The minimum absolute atomic E-state index is 0.151. The first-order valence-electron chi connectivity index (χ1n) is 7.34. The fourth-order valence-corrected chi connectivity index (χ4v) is 2.00. The Morgan fingerprint density at radius 1 is 1.28 bits per heavy atom. The lowest BCUT2D eigenvalue weighted by Gasteiger charge is -2.07. The summed E-state index contributed by atoms with van der Waals surface area (Å²) < 4.78 is 10.3. The summed E-state index contributed by atoms with van der Waals surface area (Å²) in [5, 5.41) is 14.7. The lowest BCUT2D eigenvalue weighted by Crippen LogP contribution is -2.24. The zero-order valence-electron chi connectivity index (χ0n) is 13.8. The van der Waals surface area contributed by atoms with E-state index >= 15 is 0 Å². The van der Waals surface area contributed by atoms with Crippen LogP contribution in [-0.4, -0.2) is 30.8 Å². The number of aryl methyl sites for hydroxylation is 1. The molecule has 0 aromatic heterocycles. The predicted octanol–water partition coefficient (Wildman–Crippen LogP) is 2.44. The van der Waals surface area contributed by atoms with E-state index in [1.807, 2.05) is 25.1 Å². The van der Waals surface area contributed by atoms with Gasteiger partial charge in [0.2, 0.25) is 0 Å². The number of para-hydroxylation sites is 1. The summed E-state index contributed by atoms with van der Waals surface area (Å²) in [6, 6.07) is 11.7. The molecular formula is C17H17N3O5. The van der Waals surface area contributed by atoms with E-state index in [2.05, 4.69) is 10.5 Å². The number of ether oxygens (including phenoxy) is 2. The minimum Gasteiger partial charge on any atom is -0.490 e. The van der Waals surface area contributed by atoms with Gasteiger partial charge >= 0.3 is 5.69 Å². The van der Waals surface area contributed by atoms with Crippen LogP contribution in [0, 0.1) is 17.0 Å². The number of nitro benzene ring substituents is 1. The second-order valence-electron chi connectivity index (χ2n) is 5.04. The fourth-order valence-electron chi connectivity index (χ4n) is 2.00. The molecule has 8 nitrogen and oxygen atoms in total. The summed E-state index contributed by atoms with van der Waals surface area (Å²) in [4.78, 5) is 22.1. The van der Waals surface area contributed by atoms with Crippen LogP contribution in [0.2, 0.25) is 0 Å². The van der Waals surface area contributed by atoms with Crippen molar-refractivity contribution in [3.63, 3.8) is 0 Å². The molecule has 25 heavy (non-hydrogen) atoms. The summed E-state index contributed by atoms with van der Waals surface area (Å²) in [6.07, 6.45) is 1.30. The van der Waals surface area contributed by atoms with E-state index in [0.29, 0.717) is 11.3 Å². The third-order valence-corrected chi connectivity index (χ3v) is 3.25. The lowest BCUT2D eigenvalue weighted by atomic mass is 10.2. The number of amides is 1. The van der Waals surface area contributed by atoms with Crippen molar-refractivity contribution in [2.45, 2.75) is 6.92 Å². The average Bonchev–Trinajstić information content (AvgIpc) is 2.61. The van der Waals surface area contributed by atoms with Crippen LogP contribution in [-0.2, 0) is 4.79 Å². The van der Waals surface area contributed by atoms with Crippen molar-refractivity contribution >= 4 is 17.8 Å². The topological polar surface area (TPSA) is 103 Å². The van der Waals surface area contributed by atoms with E-state index in [0.717, 1.165) is 5.56 Å². The SMILES string of the molecule is COc1ccc(/C=N\NC(=O)COc2ccccc2C)cc1[N+](=O)[O-]. The Labute approximate surface area is 144 Å². The van der Waals surface area contributed by atoms with Crippen LogP contribution in [0.25, 0.3) is 0 Å². The van der Waals surface area contributed by atoms with Gasteiger partial charge in [0, 0.05) is 11.6 Å². The van der Waals surface area contributed by atoms with Gasteiger partial charge in [-0.15, -0.1) is 0 Å². The number of hydrogen-bond acceptors (Lipinski definition) is 6. The Morgan fingerprint density at radius 3 is 2.72 bits per heavy atom. The number of nitrogens with zero attached hydrogens (tertiary/aromatic N) is 2. The van der Waals surface area contributed by atoms with Gasteiger partial charge in [0.25, 0.3) is 5.91 Å². The third-order valence-electron chi connectivity index (χ3n) is 3.25. The zero-order valence-corrected chi connectivity index (χ0v) is 13.8. The lowest BCUT2D eigenvalue weighted by molar-refractivity contribution is -0.385. The van der Waals surface area contributed by atoms with E-state index in [1.54, 1.807) is 12.1 Å². The fraction of sp³-hybridized carbons (Fsp3) is 0.176. The molecule has 1 amide bonds. The molecule has 0 fully saturated rings. The van der Waals surface area contributed by atoms with Crippen LogP contribution >= 0.6 is 0 Å². The summed E-state index contributed by atoms with van der Waals surface area (Å²) in [7, 11) is 1.35. The van der Waals surface area contributed by atoms with Crippen molar-refractivity contribution in [3.05, 3.63) is 63.7 Å². The molecule has 0 saturated heterocycles. The number of nitro groups is 1. The molecule has 2 aromatic rings. The summed E-state index contributed by atoms with van der Waals surface area (Å²) >= 11 is 0. The second-order valence-corrected chi connectivity index (χ2v) is 5.04. The van der Waals surface area contributed by atoms with Gasteiger partial charge in [-0.1, -0.05) is 18.2 Å². The first-order valence-corrected chi connectivity index (χ1v) is 7.34. The summed E-state index contributed by atoms with van der Waals surface area (Å²) in [6.45, 7) is 1.69. The minimum atomic E-state index is -0.551. The monoisotopic (exact) mass is 343 g/mol. The highest BCUT2D eigenvalue weighted by molar-refractivity contribution is 5.84. The van der Waals surface area contributed by atoms with Crippen molar-refractivity contribution < 1.29 is 19.2 Å². The Morgan fingerprint density at radius 2 is 2.04 bits per heavy atom. The third kappa shape index (κ3) is 5.03. The normalized spacial score (nSPS) is 10.5. The average molecular weight is 343 g/mol. The molecule has 130 valence electrons. The Bertz CT molecular complexity index is 805. The summed E-state index contributed by atoms with van der Waals surface area (Å²) in [5.74, 6) is 0.327. The molecule has 0 atom stereocenters. The van der Waals surface area contributed by atoms with Crippen LogP contribution in [0.3, 0.4) is 0 Å². The van der Waals surface area contributed by atoms with Crippen LogP contribution in [0.1, 0.15) is 11.1 Å². The molecule has 0 unspecified atom stereocenters. The first kappa shape index (κ1) is 17.9. The van der Waals surface area contributed by atoms with Gasteiger partial charge in [0.05, 0.1) is 18.2 Å². The van der Waals surface area contributed by atoms with Crippen LogP contribution in [0.15, 0.2) is 47.6 Å². The molecule has 8 heteroatoms. The van der Waals surface area contributed by atoms with Crippen molar-refractivity contribution in [1.82, 2.24) is 5.43 Å². The van der Waals surface area contributed by atoms with Gasteiger partial charge in [-0.05, 0) is 30.7 Å². The number of rotatable bonds is 7. The van der Waals surface area contributed by atoms with E-state index < -0.39 is 10.8 Å². The van der Waals surface area contributed by atoms with Gasteiger partial charge < -0.3 is 9.47 Å². The molecular weight excluding hydrogens is 326 g/mol. The second kappa shape index (κ2) is 8.44. The molecule has 0 spiro atoms. The quantitative estimate of drug-likeness (QED) is 0.472. The highest BCUT2D eigenvalue weighted by Crippen LogP contribution is 2.26. The van der Waals surface area contributed by atoms with Crippen LogP contribution in [0.4, 0.5) is 5.69 Å². The molecule has 0 radical (unpaired) electrons. The van der Waals surface area contributed by atoms with Crippen molar-refractivity contribution in [1.29, 1.82) is 0 Å². The summed E-state index contributed by atoms with van der Waals surface area (Å²) in [5.41, 5.74) is 3.49. The van der Waals surface area contributed by atoms with Crippen LogP contribution in [0.5, 0.6) is 11.5 Å². The number of hydrogen-bond donors (Lipinski definition) is 1. The molecule has 0 aliphatic rings. The number of carbonyl (C=O) groups is 1. The molecule has 1 N–H and O–H groups in total. The van der Waals surface area contributed by atoms with E-state index in [9.17, 15) is 14.9 Å². The van der Waals surface area contributed by atoms with Gasteiger partial charge in [-0.3, -0.25) is 14.9 Å². The highest BCUT2D eigenvalue weighted by Gasteiger charge is 2.14. The molecule has 0 aliphatic heterocycles. The molecule has 2 rings (SSSR count). The van der Waals surface area contributed by atoms with Gasteiger partial charge in [-0.2, -0.15) is 5.10 Å². The largest absolute Gasteiger partial charge is 0.490 e. The standard InChI is InChI=1S/C17H17N3O5/c1-12-5-3-4-6-15(12)25-11-17(21)19-18-10-13-7-8-16(24-2)14(9-13)20(22)23/h3-10H,11H2,1-2H3,(H,19,21)/b18-10-. The predicted molar refractivity (Wildman–Crippen MR) is 92.1 cm³/mol. The number of nitrogens with one attached hydrogen (secondary N) is 1. The molecule has 0 bridgehead atoms. The number of benzene rings is 2. The number of carbonyl (C=O) groups excluding carboxylic acids is 1. The number of hydrazone groups is 1. The maximum absolute atomic E-state index is 11.7. The van der Waals surface area contributed by atoms with E-state index in [-0.39, 0.29) is 18.0 Å². The molecule has 0 saturated carbocycles. The van der Waals surface area contributed by atoms with Crippen molar-refractivity contribution in [3.8, 4) is 11.5 Å². The van der Waals surface area contributed by atoms with Crippen LogP contribution < -0.4 is 14.9 Å². The van der Waals surface area contributed by atoms with E-state index in [4.69, 9.17) is 9.47 Å². The smallest absolute Gasteiger partial charge is 0.311 e. The Hall–Kier alpha value is -3.42. The van der Waals surface area contributed by atoms with Crippen molar-refractivity contribution in [2.75, 3.05) is 13.7 Å². The highest BCUT2D eigenvalue weighted by atomic mass is 16.6.